The second-order valence-electron chi connectivity index (χ2n) is 5.17. The number of piperidine rings is 1. The number of aromatic nitrogens is 2. The SMILES string of the molecule is CCc1cccc2c1nc(C1CCCCN1)n2C. The first-order valence-corrected chi connectivity index (χ1v) is 6.99. The highest BCUT2D eigenvalue weighted by Crippen LogP contribution is 2.27. The highest BCUT2D eigenvalue weighted by Gasteiger charge is 2.21. The topological polar surface area (TPSA) is 29.9 Å². The van der Waals surface area contributed by atoms with Crippen molar-refractivity contribution in [3.8, 4) is 0 Å². The largest absolute Gasteiger partial charge is 0.330 e. The molecule has 0 saturated carbocycles. The van der Waals surface area contributed by atoms with Gasteiger partial charge in [-0.1, -0.05) is 25.5 Å². The molecule has 1 saturated heterocycles. The summed E-state index contributed by atoms with van der Waals surface area (Å²) in [6.07, 6.45) is 4.85. The van der Waals surface area contributed by atoms with Crippen LogP contribution in [0.15, 0.2) is 18.2 Å². The van der Waals surface area contributed by atoms with Gasteiger partial charge in [-0.3, -0.25) is 0 Å². The second kappa shape index (κ2) is 4.73. The first kappa shape index (κ1) is 11.7. The average Bonchev–Trinajstić information content (AvgIpc) is 2.77. The molecule has 1 fully saturated rings. The molecule has 1 atom stereocenters. The first-order chi connectivity index (χ1) is 8.81. The highest BCUT2D eigenvalue weighted by molar-refractivity contribution is 5.79. The number of benzene rings is 1. The zero-order chi connectivity index (χ0) is 12.5. The molecule has 1 N–H and O–H groups in total. The molecule has 3 nitrogen and oxygen atoms in total. The van der Waals surface area contributed by atoms with E-state index in [1.807, 2.05) is 0 Å². The standard InChI is InChI=1S/C15H21N3/c1-3-11-7-6-9-13-14(11)17-15(18(13)2)12-8-4-5-10-16-12/h6-7,9,12,16H,3-5,8,10H2,1-2H3. The molecule has 1 unspecified atom stereocenters. The Morgan fingerprint density at radius 1 is 1.39 bits per heavy atom. The Hall–Kier alpha value is -1.35. The van der Waals surface area contributed by atoms with Gasteiger partial charge in [-0.15, -0.1) is 0 Å². The fourth-order valence-corrected chi connectivity index (χ4v) is 2.96. The van der Waals surface area contributed by atoms with Gasteiger partial charge >= 0.3 is 0 Å². The van der Waals surface area contributed by atoms with Gasteiger partial charge in [-0.2, -0.15) is 0 Å². The lowest BCUT2D eigenvalue weighted by Gasteiger charge is -2.22. The normalized spacial score (nSPS) is 20.4. The molecule has 96 valence electrons. The molecule has 0 bridgehead atoms. The zero-order valence-electron chi connectivity index (χ0n) is 11.2. The van der Waals surface area contributed by atoms with Crippen LogP contribution in [-0.2, 0) is 13.5 Å². The lowest BCUT2D eigenvalue weighted by molar-refractivity contribution is 0.392. The molecular weight excluding hydrogens is 222 g/mol. The summed E-state index contributed by atoms with van der Waals surface area (Å²) in [5.41, 5.74) is 3.80. The van der Waals surface area contributed by atoms with Gasteiger partial charge in [0.05, 0.1) is 17.1 Å². The number of hydrogen-bond acceptors (Lipinski definition) is 2. The van der Waals surface area contributed by atoms with Crippen molar-refractivity contribution in [2.45, 2.75) is 38.6 Å². The van der Waals surface area contributed by atoms with Crippen LogP contribution in [0.1, 0.15) is 43.6 Å². The Morgan fingerprint density at radius 3 is 3.00 bits per heavy atom. The molecule has 2 heterocycles. The number of fused-ring (bicyclic) bond motifs is 1. The summed E-state index contributed by atoms with van der Waals surface area (Å²) in [7, 11) is 2.14. The molecule has 3 heteroatoms. The van der Waals surface area contributed by atoms with E-state index in [9.17, 15) is 0 Å². The second-order valence-corrected chi connectivity index (χ2v) is 5.17. The minimum absolute atomic E-state index is 0.431. The monoisotopic (exact) mass is 243 g/mol. The molecular formula is C15H21N3. The number of aryl methyl sites for hydroxylation is 2. The van der Waals surface area contributed by atoms with Gasteiger partial charge in [0, 0.05) is 7.05 Å². The summed E-state index contributed by atoms with van der Waals surface area (Å²) in [4.78, 5) is 4.91. The van der Waals surface area contributed by atoms with Gasteiger partial charge in [0.1, 0.15) is 5.82 Å². The minimum Gasteiger partial charge on any atom is -0.330 e. The van der Waals surface area contributed by atoms with Crippen molar-refractivity contribution in [1.82, 2.24) is 14.9 Å². The van der Waals surface area contributed by atoms with Crippen LogP contribution in [0.2, 0.25) is 0 Å². The predicted molar refractivity (Wildman–Crippen MR) is 74.7 cm³/mol. The fourth-order valence-electron chi connectivity index (χ4n) is 2.96. The van der Waals surface area contributed by atoms with Crippen LogP contribution in [0.4, 0.5) is 0 Å². The van der Waals surface area contributed by atoms with Gasteiger partial charge in [0.2, 0.25) is 0 Å². The van der Waals surface area contributed by atoms with Crippen LogP contribution in [0.25, 0.3) is 11.0 Å². The van der Waals surface area contributed by atoms with Crippen LogP contribution in [0.5, 0.6) is 0 Å². The minimum atomic E-state index is 0.431. The third-order valence-electron chi connectivity index (χ3n) is 4.03. The number of nitrogens with one attached hydrogen (secondary N) is 1. The Balaban J connectivity index is 2.09. The molecule has 18 heavy (non-hydrogen) atoms. The lowest BCUT2D eigenvalue weighted by Crippen LogP contribution is -2.28. The first-order valence-electron chi connectivity index (χ1n) is 6.99. The molecule has 3 rings (SSSR count). The van der Waals surface area contributed by atoms with E-state index < -0.39 is 0 Å². The van der Waals surface area contributed by atoms with E-state index in [1.54, 1.807) is 0 Å². The van der Waals surface area contributed by atoms with Crippen molar-refractivity contribution in [3.63, 3.8) is 0 Å². The van der Waals surface area contributed by atoms with Gasteiger partial charge < -0.3 is 9.88 Å². The van der Waals surface area contributed by atoms with Gasteiger partial charge in [-0.25, -0.2) is 4.98 Å². The quantitative estimate of drug-likeness (QED) is 0.879. The van der Waals surface area contributed by atoms with E-state index in [0.29, 0.717) is 6.04 Å². The van der Waals surface area contributed by atoms with Crippen LogP contribution in [0, 0.1) is 0 Å². The number of imidazole rings is 1. The maximum Gasteiger partial charge on any atom is 0.126 e. The van der Waals surface area contributed by atoms with Crippen molar-refractivity contribution in [2.24, 2.45) is 7.05 Å². The summed E-state index contributed by atoms with van der Waals surface area (Å²) in [6, 6.07) is 6.93. The Kier molecular flexibility index (Phi) is 3.08. The Bertz CT molecular complexity index is 550. The third kappa shape index (κ3) is 1.83. The number of hydrogen-bond donors (Lipinski definition) is 1. The number of rotatable bonds is 2. The molecule has 1 aromatic heterocycles. The Morgan fingerprint density at radius 2 is 2.28 bits per heavy atom. The summed E-state index contributed by atoms with van der Waals surface area (Å²) in [6.45, 7) is 3.32. The molecule has 0 aliphatic carbocycles. The van der Waals surface area contributed by atoms with Crippen molar-refractivity contribution in [2.75, 3.05) is 6.54 Å². The molecule has 0 amide bonds. The Labute approximate surface area is 108 Å². The lowest BCUT2D eigenvalue weighted by atomic mass is 10.0. The van der Waals surface area contributed by atoms with Crippen LogP contribution < -0.4 is 5.32 Å². The highest BCUT2D eigenvalue weighted by atomic mass is 15.1. The zero-order valence-corrected chi connectivity index (χ0v) is 11.2. The predicted octanol–water partition coefficient (Wildman–Crippen LogP) is 2.95. The molecule has 0 radical (unpaired) electrons. The van der Waals surface area contributed by atoms with E-state index in [4.69, 9.17) is 4.98 Å². The summed E-state index contributed by atoms with van der Waals surface area (Å²) in [5.74, 6) is 1.20. The molecule has 1 aliphatic heterocycles. The van der Waals surface area contributed by atoms with Crippen molar-refractivity contribution >= 4 is 11.0 Å². The van der Waals surface area contributed by atoms with E-state index in [-0.39, 0.29) is 0 Å². The van der Waals surface area contributed by atoms with Crippen molar-refractivity contribution in [1.29, 1.82) is 0 Å². The maximum absolute atomic E-state index is 4.91. The van der Waals surface area contributed by atoms with E-state index in [0.717, 1.165) is 13.0 Å². The van der Waals surface area contributed by atoms with Gasteiger partial charge in [-0.05, 0) is 37.4 Å². The van der Waals surface area contributed by atoms with E-state index >= 15 is 0 Å². The fraction of sp³-hybridized carbons (Fsp3) is 0.533. The summed E-state index contributed by atoms with van der Waals surface area (Å²) >= 11 is 0. The van der Waals surface area contributed by atoms with Crippen LogP contribution >= 0.6 is 0 Å². The molecule has 1 aliphatic rings. The summed E-state index contributed by atoms with van der Waals surface area (Å²) in [5, 5.41) is 3.59. The van der Waals surface area contributed by atoms with Gasteiger partial charge in [0.25, 0.3) is 0 Å². The molecule has 2 aromatic rings. The van der Waals surface area contributed by atoms with Crippen LogP contribution in [-0.4, -0.2) is 16.1 Å². The van der Waals surface area contributed by atoms with E-state index in [1.165, 1.54) is 41.7 Å². The smallest absolute Gasteiger partial charge is 0.126 e. The van der Waals surface area contributed by atoms with Crippen molar-refractivity contribution in [3.05, 3.63) is 29.6 Å². The number of para-hydroxylation sites is 1. The van der Waals surface area contributed by atoms with Crippen LogP contribution in [0.3, 0.4) is 0 Å². The average molecular weight is 243 g/mol. The van der Waals surface area contributed by atoms with Crippen molar-refractivity contribution < 1.29 is 0 Å². The molecule has 0 spiro atoms. The van der Waals surface area contributed by atoms with E-state index in [2.05, 4.69) is 42.1 Å². The maximum atomic E-state index is 4.91. The molecule has 1 aromatic carbocycles. The number of nitrogens with zero attached hydrogens (tertiary/aromatic N) is 2. The third-order valence-corrected chi connectivity index (χ3v) is 4.03. The van der Waals surface area contributed by atoms with Gasteiger partial charge in [0.15, 0.2) is 0 Å². The summed E-state index contributed by atoms with van der Waals surface area (Å²) < 4.78 is 2.26.